The van der Waals surface area contributed by atoms with Gasteiger partial charge in [-0.3, -0.25) is 0 Å². The van der Waals surface area contributed by atoms with Gasteiger partial charge in [0.2, 0.25) is 0 Å². The van der Waals surface area contributed by atoms with E-state index in [9.17, 15) is 0 Å². The van der Waals surface area contributed by atoms with E-state index in [0.717, 1.165) is 31.7 Å². The molecule has 0 aliphatic rings. The Morgan fingerprint density at radius 2 is 2.06 bits per heavy atom. The average molecular weight is 251 g/mol. The summed E-state index contributed by atoms with van der Waals surface area (Å²) in [5.74, 6) is 1.43. The predicted molar refractivity (Wildman–Crippen MR) is 75.1 cm³/mol. The number of ether oxygens (including phenoxy) is 1. The van der Waals surface area contributed by atoms with Crippen LogP contribution in [0, 0.1) is 0 Å². The number of nitrogens with one attached hydrogen (secondary N) is 1. The molecule has 2 N–H and O–H groups in total. The Labute approximate surface area is 110 Å². The third-order valence-electron chi connectivity index (χ3n) is 3.01. The average Bonchev–Trinajstić information content (AvgIpc) is 2.38. The minimum Gasteiger partial charge on any atom is -0.496 e. The van der Waals surface area contributed by atoms with Crippen molar-refractivity contribution in [3.8, 4) is 5.75 Å². The van der Waals surface area contributed by atoms with Gasteiger partial charge in [-0.1, -0.05) is 26.0 Å². The van der Waals surface area contributed by atoms with Gasteiger partial charge in [0.15, 0.2) is 0 Å². The van der Waals surface area contributed by atoms with Crippen LogP contribution in [0.2, 0.25) is 0 Å². The zero-order valence-electron chi connectivity index (χ0n) is 11.7. The highest BCUT2D eigenvalue weighted by atomic mass is 16.5. The molecule has 0 unspecified atom stereocenters. The Balaban J connectivity index is 2.53. The number of unbranched alkanes of at least 4 members (excludes halogenated alkanes) is 1. The normalized spacial score (nSPS) is 10.9. The van der Waals surface area contributed by atoms with Gasteiger partial charge < -0.3 is 15.2 Å². The van der Waals surface area contributed by atoms with Crippen molar-refractivity contribution in [2.24, 2.45) is 0 Å². The minimum absolute atomic E-state index is 0.279. The van der Waals surface area contributed by atoms with Gasteiger partial charge in [-0.05, 0) is 42.5 Å². The van der Waals surface area contributed by atoms with Gasteiger partial charge in [0, 0.05) is 13.2 Å². The first-order valence-electron chi connectivity index (χ1n) is 6.67. The summed E-state index contributed by atoms with van der Waals surface area (Å²) in [6, 6.07) is 6.35. The molecule has 102 valence electrons. The molecule has 18 heavy (non-hydrogen) atoms. The van der Waals surface area contributed by atoms with E-state index in [1.54, 1.807) is 7.11 Å². The first-order chi connectivity index (χ1) is 8.69. The molecule has 0 heterocycles. The summed E-state index contributed by atoms with van der Waals surface area (Å²) in [6.07, 6.45) is 1.89. The van der Waals surface area contributed by atoms with Crippen LogP contribution < -0.4 is 10.1 Å². The van der Waals surface area contributed by atoms with Gasteiger partial charge in [-0.25, -0.2) is 0 Å². The summed E-state index contributed by atoms with van der Waals surface area (Å²) in [5.41, 5.74) is 2.54. The maximum absolute atomic E-state index is 8.70. The number of methoxy groups -OCH3 is 1. The topological polar surface area (TPSA) is 41.5 Å². The Morgan fingerprint density at radius 3 is 2.67 bits per heavy atom. The van der Waals surface area contributed by atoms with Crippen molar-refractivity contribution in [2.75, 3.05) is 20.3 Å². The number of rotatable bonds is 8. The van der Waals surface area contributed by atoms with Gasteiger partial charge >= 0.3 is 0 Å². The first-order valence-corrected chi connectivity index (χ1v) is 6.67. The molecule has 0 atom stereocenters. The molecule has 3 nitrogen and oxygen atoms in total. The minimum atomic E-state index is 0.279. The molecule has 0 aliphatic carbocycles. The first kappa shape index (κ1) is 15.0. The lowest BCUT2D eigenvalue weighted by atomic mass is 9.99. The lowest BCUT2D eigenvalue weighted by molar-refractivity contribution is 0.283. The maximum atomic E-state index is 8.70. The number of hydrogen-bond donors (Lipinski definition) is 2. The summed E-state index contributed by atoms with van der Waals surface area (Å²) < 4.78 is 5.37. The monoisotopic (exact) mass is 251 g/mol. The number of hydrogen-bond acceptors (Lipinski definition) is 3. The van der Waals surface area contributed by atoms with Gasteiger partial charge in [0.05, 0.1) is 7.11 Å². The van der Waals surface area contributed by atoms with Crippen LogP contribution in [0.5, 0.6) is 5.75 Å². The molecular formula is C15H25NO2. The van der Waals surface area contributed by atoms with Crippen molar-refractivity contribution in [1.29, 1.82) is 0 Å². The summed E-state index contributed by atoms with van der Waals surface area (Å²) in [5, 5.41) is 12.1. The molecular weight excluding hydrogens is 226 g/mol. The van der Waals surface area contributed by atoms with Gasteiger partial charge in [-0.15, -0.1) is 0 Å². The Morgan fingerprint density at radius 1 is 1.28 bits per heavy atom. The van der Waals surface area contributed by atoms with E-state index in [-0.39, 0.29) is 6.61 Å². The third-order valence-corrected chi connectivity index (χ3v) is 3.01. The van der Waals surface area contributed by atoms with Crippen LogP contribution in [-0.2, 0) is 6.54 Å². The van der Waals surface area contributed by atoms with E-state index in [1.807, 2.05) is 6.07 Å². The summed E-state index contributed by atoms with van der Waals surface area (Å²) in [4.78, 5) is 0. The highest BCUT2D eigenvalue weighted by molar-refractivity contribution is 5.39. The van der Waals surface area contributed by atoms with Gasteiger partial charge in [0.1, 0.15) is 5.75 Å². The molecule has 0 bridgehead atoms. The highest BCUT2D eigenvalue weighted by Gasteiger charge is 2.07. The fraction of sp³-hybridized carbons (Fsp3) is 0.600. The predicted octanol–water partition coefficient (Wildman–Crippen LogP) is 2.68. The van der Waals surface area contributed by atoms with E-state index in [2.05, 4.69) is 31.3 Å². The van der Waals surface area contributed by atoms with Crippen LogP contribution in [0.4, 0.5) is 0 Å². The van der Waals surface area contributed by atoms with Crippen LogP contribution >= 0.6 is 0 Å². The van der Waals surface area contributed by atoms with E-state index in [0.29, 0.717) is 5.92 Å². The fourth-order valence-corrected chi connectivity index (χ4v) is 1.94. The molecule has 0 saturated heterocycles. The van der Waals surface area contributed by atoms with Crippen molar-refractivity contribution >= 4 is 0 Å². The fourth-order valence-electron chi connectivity index (χ4n) is 1.94. The van der Waals surface area contributed by atoms with Crippen LogP contribution in [-0.4, -0.2) is 25.4 Å². The SMILES string of the molecule is COc1ccc(CNCCCCO)cc1C(C)C. The zero-order valence-corrected chi connectivity index (χ0v) is 11.7. The standard InChI is InChI=1S/C15H25NO2/c1-12(2)14-10-13(6-7-15(14)18-3)11-16-8-4-5-9-17/h6-7,10,12,16-17H,4-5,8-9,11H2,1-3H3. The Kier molecular flexibility index (Phi) is 6.76. The Hall–Kier alpha value is -1.06. The molecule has 0 aromatic heterocycles. The van der Waals surface area contributed by atoms with Crippen molar-refractivity contribution in [2.45, 2.75) is 39.2 Å². The van der Waals surface area contributed by atoms with Crippen LogP contribution in [0.25, 0.3) is 0 Å². The molecule has 1 aromatic carbocycles. The molecule has 0 amide bonds. The van der Waals surface area contributed by atoms with Crippen molar-refractivity contribution in [1.82, 2.24) is 5.32 Å². The second kappa shape index (κ2) is 8.11. The van der Waals surface area contributed by atoms with Crippen molar-refractivity contribution in [3.63, 3.8) is 0 Å². The molecule has 3 heteroatoms. The second-order valence-corrected chi connectivity index (χ2v) is 4.84. The number of benzene rings is 1. The highest BCUT2D eigenvalue weighted by Crippen LogP contribution is 2.27. The summed E-state index contributed by atoms with van der Waals surface area (Å²) in [6.45, 7) is 6.45. The maximum Gasteiger partial charge on any atom is 0.122 e. The smallest absolute Gasteiger partial charge is 0.122 e. The van der Waals surface area contributed by atoms with Crippen LogP contribution in [0.1, 0.15) is 43.7 Å². The van der Waals surface area contributed by atoms with Gasteiger partial charge in [-0.2, -0.15) is 0 Å². The lowest BCUT2D eigenvalue weighted by Gasteiger charge is -2.14. The molecule has 0 aliphatic heterocycles. The Bertz CT molecular complexity index is 350. The van der Waals surface area contributed by atoms with E-state index in [1.165, 1.54) is 11.1 Å². The molecule has 0 spiro atoms. The van der Waals surface area contributed by atoms with Crippen molar-refractivity contribution in [3.05, 3.63) is 29.3 Å². The van der Waals surface area contributed by atoms with E-state index < -0.39 is 0 Å². The molecule has 1 aromatic rings. The summed E-state index contributed by atoms with van der Waals surface area (Å²) in [7, 11) is 1.72. The van der Waals surface area contributed by atoms with E-state index >= 15 is 0 Å². The van der Waals surface area contributed by atoms with Crippen LogP contribution in [0.15, 0.2) is 18.2 Å². The molecule has 1 rings (SSSR count). The molecule has 0 fully saturated rings. The van der Waals surface area contributed by atoms with E-state index in [4.69, 9.17) is 9.84 Å². The molecule has 0 radical (unpaired) electrons. The lowest BCUT2D eigenvalue weighted by Crippen LogP contribution is -2.15. The quantitative estimate of drug-likeness (QED) is 0.698. The number of aliphatic hydroxyl groups excluding tert-OH is 1. The summed E-state index contributed by atoms with van der Waals surface area (Å²) >= 11 is 0. The molecule has 0 saturated carbocycles. The van der Waals surface area contributed by atoms with Gasteiger partial charge in [0.25, 0.3) is 0 Å². The largest absolute Gasteiger partial charge is 0.496 e. The van der Waals surface area contributed by atoms with Crippen molar-refractivity contribution < 1.29 is 9.84 Å². The third kappa shape index (κ3) is 4.67. The second-order valence-electron chi connectivity index (χ2n) is 4.84. The number of aliphatic hydroxyl groups is 1. The van der Waals surface area contributed by atoms with Crippen LogP contribution in [0.3, 0.4) is 0 Å². The zero-order chi connectivity index (χ0) is 13.4.